The molecule has 0 spiro atoms. The van der Waals surface area contributed by atoms with Crippen LogP contribution < -0.4 is 0 Å². The van der Waals surface area contributed by atoms with Crippen molar-refractivity contribution in [2.75, 3.05) is 0 Å². The van der Waals surface area contributed by atoms with Gasteiger partial charge < -0.3 is 20.1 Å². The molecule has 6 heteroatoms. The molecule has 0 aliphatic heterocycles. The number of ether oxygens (including phenoxy) is 1. The van der Waals surface area contributed by atoms with Crippen LogP contribution in [0.3, 0.4) is 0 Å². The van der Waals surface area contributed by atoms with Crippen molar-refractivity contribution in [1.29, 1.82) is 0 Å². The summed E-state index contributed by atoms with van der Waals surface area (Å²) in [5, 5.41) is 31.9. The summed E-state index contributed by atoms with van der Waals surface area (Å²) in [5.41, 5.74) is 0.991. The molecule has 0 aromatic heterocycles. The van der Waals surface area contributed by atoms with Gasteiger partial charge in [-0.1, -0.05) is 72.2 Å². The van der Waals surface area contributed by atoms with Crippen molar-refractivity contribution in [1.82, 2.24) is 0 Å². The summed E-state index contributed by atoms with van der Waals surface area (Å²) in [7, 11) is 0. The summed E-state index contributed by atoms with van der Waals surface area (Å²) in [4.78, 5) is 26.0. The van der Waals surface area contributed by atoms with Gasteiger partial charge in [-0.3, -0.25) is 4.79 Å². The molecule has 246 valence electrons. The number of allylic oxidation sites excluding steroid dienone is 2. The van der Waals surface area contributed by atoms with E-state index in [-0.39, 0.29) is 39.2 Å². The van der Waals surface area contributed by atoms with Gasteiger partial charge in [0, 0.05) is 11.5 Å². The number of phenols is 1. The Morgan fingerprint density at radius 3 is 2.22 bits per heavy atom. The number of benzene rings is 1. The van der Waals surface area contributed by atoms with Gasteiger partial charge in [-0.2, -0.15) is 0 Å². The van der Waals surface area contributed by atoms with Crippen LogP contribution in [0.2, 0.25) is 0 Å². The van der Waals surface area contributed by atoms with Crippen LogP contribution in [0.4, 0.5) is 0 Å². The third-order valence-corrected chi connectivity index (χ3v) is 14.5. The summed E-state index contributed by atoms with van der Waals surface area (Å²) in [5.74, 6) is -0.230. The van der Waals surface area contributed by atoms with Gasteiger partial charge in [0.25, 0.3) is 0 Å². The van der Waals surface area contributed by atoms with Gasteiger partial charge in [0.05, 0.1) is 11.5 Å². The fourth-order valence-electron chi connectivity index (χ4n) is 11.9. The monoisotopic (exact) mass is 618 g/mol. The van der Waals surface area contributed by atoms with Crippen molar-refractivity contribution >= 4 is 18.0 Å². The highest BCUT2D eigenvalue weighted by Crippen LogP contribution is 2.75. The van der Waals surface area contributed by atoms with Crippen LogP contribution in [-0.2, 0) is 14.3 Å². The highest BCUT2D eigenvalue weighted by Gasteiger charge is 2.70. The molecule has 4 fully saturated rings. The summed E-state index contributed by atoms with van der Waals surface area (Å²) in [6, 6.07) is 6.62. The number of carboxylic acid groups (broad SMARTS) is 1. The number of esters is 1. The van der Waals surface area contributed by atoms with Crippen LogP contribution in [0.15, 0.2) is 42.0 Å². The number of rotatable bonds is 4. The second kappa shape index (κ2) is 10.5. The van der Waals surface area contributed by atoms with E-state index in [1.807, 2.05) is 0 Å². The topological polar surface area (TPSA) is 104 Å². The van der Waals surface area contributed by atoms with Crippen molar-refractivity contribution in [2.45, 2.75) is 118 Å². The first-order valence-electron chi connectivity index (χ1n) is 17.2. The van der Waals surface area contributed by atoms with Crippen molar-refractivity contribution in [3.8, 4) is 5.75 Å². The largest absolute Gasteiger partial charge is 0.508 e. The summed E-state index contributed by atoms with van der Waals surface area (Å²) < 4.78 is 6.04. The molecule has 5 aliphatic rings. The first kappa shape index (κ1) is 32.3. The highest BCUT2D eigenvalue weighted by atomic mass is 16.6. The second-order valence-corrected chi connectivity index (χ2v) is 17.6. The Labute approximate surface area is 269 Å². The number of fused-ring (bicyclic) bond motifs is 7. The molecule has 0 saturated heterocycles. The van der Waals surface area contributed by atoms with Gasteiger partial charge in [-0.15, -0.1) is 0 Å². The van der Waals surface area contributed by atoms with E-state index in [1.165, 1.54) is 11.6 Å². The molecular formula is C39H54O6. The molecular weight excluding hydrogens is 564 g/mol. The zero-order valence-electron chi connectivity index (χ0n) is 28.4. The van der Waals surface area contributed by atoms with Gasteiger partial charge in [0.1, 0.15) is 11.9 Å². The number of aliphatic carboxylic acids is 1. The molecule has 4 saturated carbocycles. The molecule has 5 aliphatic carbocycles. The number of hydrogen-bond donors (Lipinski definition) is 3. The molecule has 0 heterocycles. The van der Waals surface area contributed by atoms with Crippen LogP contribution >= 0.6 is 0 Å². The van der Waals surface area contributed by atoms with E-state index in [9.17, 15) is 24.9 Å². The van der Waals surface area contributed by atoms with E-state index in [4.69, 9.17) is 4.74 Å². The number of aliphatic hydroxyl groups is 1. The molecule has 6 nitrogen and oxygen atoms in total. The van der Waals surface area contributed by atoms with Crippen LogP contribution in [0.5, 0.6) is 5.75 Å². The number of aromatic hydroxyl groups is 1. The minimum atomic E-state index is -0.780. The Morgan fingerprint density at radius 2 is 1.56 bits per heavy atom. The van der Waals surface area contributed by atoms with Crippen LogP contribution in [-0.4, -0.2) is 39.5 Å². The van der Waals surface area contributed by atoms with Gasteiger partial charge in [0.15, 0.2) is 0 Å². The molecule has 3 N–H and O–H groups in total. The Balaban J connectivity index is 1.29. The molecule has 0 unspecified atom stereocenters. The molecule has 45 heavy (non-hydrogen) atoms. The van der Waals surface area contributed by atoms with Crippen LogP contribution in [0, 0.1) is 50.2 Å². The van der Waals surface area contributed by atoms with Crippen molar-refractivity contribution in [3.05, 3.63) is 47.6 Å². The molecule has 1 aromatic rings. The lowest BCUT2D eigenvalue weighted by Crippen LogP contribution is -2.67. The first-order valence-corrected chi connectivity index (χ1v) is 17.2. The zero-order valence-corrected chi connectivity index (χ0v) is 28.4. The van der Waals surface area contributed by atoms with E-state index in [0.717, 1.165) is 56.9 Å². The average molecular weight is 619 g/mol. The quantitative estimate of drug-likeness (QED) is 0.179. The van der Waals surface area contributed by atoms with Crippen LogP contribution in [0.1, 0.15) is 112 Å². The Bertz CT molecular complexity index is 1420. The van der Waals surface area contributed by atoms with Gasteiger partial charge in [-0.25, -0.2) is 4.79 Å². The van der Waals surface area contributed by atoms with E-state index >= 15 is 0 Å². The highest BCUT2D eigenvalue weighted by molar-refractivity contribution is 5.87. The second-order valence-electron chi connectivity index (χ2n) is 17.6. The Kier molecular flexibility index (Phi) is 7.51. The van der Waals surface area contributed by atoms with Crippen molar-refractivity contribution < 1.29 is 29.6 Å². The minimum Gasteiger partial charge on any atom is -0.508 e. The third kappa shape index (κ3) is 4.74. The SMILES string of the molecule is CC1(C)CC[C@@]2(C(=O)O)CC[C@]3(C)C(=CC[C@@H]4[C@@]5(C)C[C@@H](O)[C@H](OC(=O)C=Cc6ccc(O)cc6)C(C)(C)[C@@H]5CC[C@]43C)[C@H]2C1. The van der Waals surface area contributed by atoms with Crippen molar-refractivity contribution in [2.24, 2.45) is 50.2 Å². The lowest BCUT2D eigenvalue weighted by atomic mass is 9.33. The third-order valence-electron chi connectivity index (χ3n) is 14.5. The number of carboxylic acids is 1. The minimum absolute atomic E-state index is 0.0131. The summed E-state index contributed by atoms with van der Waals surface area (Å²) in [6.07, 6.45) is 12.0. The Hall–Kier alpha value is -2.60. The number of carbonyl (C=O) groups is 2. The molecule has 1 aromatic carbocycles. The predicted octanol–water partition coefficient (Wildman–Crippen LogP) is 8.17. The van der Waals surface area contributed by atoms with Crippen molar-refractivity contribution in [3.63, 3.8) is 0 Å². The maximum Gasteiger partial charge on any atom is 0.331 e. The number of hydrogen-bond acceptors (Lipinski definition) is 5. The van der Waals surface area contributed by atoms with Gasteiger partial charge in [0.2, 0.25) is 0 Å². The maximum absolute atomic E-state index is 13.0. The zero-order chi connectivity index (χ0) is 32.8. The van der Waals surface area contributed by atoms with E-state index < -0.39 is 35.0 Å². The lowest BCUT2D eigenvalue weighted by molar-refractivity contribution is -0.238. The fourth-order valence-corrected chi connectivity index (χ4v) is 11.9. The van der Waals surface area contributed by atoms with Gasteiger partial charge >= 0.3 is 11.9 Å². The maximum atomic E-state index is 13.0. The number of aliphatic hydroxyl groups excluding tert-OH is 1. The van der Waals surface area contributed by atoms with E-state index in [2.05, 4.69) is 54.5 Å². The molecule has 6 rings (SSSR count). The van der Waals surface area contributed by atoms with Crippen LogP contribution in [0.25, 0.3) is 6.08 Å². The predicted molar refractivity (Wildman–Crippen MR) is 175 cm³/mol. The average Bonchev–Trinajstić information content (AvgIpc) is 2.94. The normalized spacial score (nSPS) is 43.2. The Morgan fingerprint density at radius 1 is 0.889 bits per heavy atom. The molecule has 0 radical (unpaired) electrons. The lowest BCUT2D eigenvalue weighted by Gasteiger charge is -2.71. The van der Waals surface area contributed by atoms with E-state index in [0.29, 0.717) is 12.3 Å². The molecule has 9 atom stereocenters. The summed E-state index contributed by atoms with van der Waals surface area (Å²) >= 11 is 0. The molecule has 0 bridgehead atoms. The first-order chi connectivity index (χ1) is 20.9. The fraction of sp³-hybridized carbons (Fsp3) is 0.692. The number of phenolic OH excluding ortho intramolecular Hbond substituents is 1. The van der Waals surface area contributed by atoms with E-state index in [1.54, 1.807) is 30.3 Å². The number of carbonyl (C=O) groups excluding carboxylic acids is 1. The smallest absolute Gasteiger partial charge is 0.331 e. The summed E-state index contributed by atoms with van der Waals surface area (Å²) in [6.45, 7) is 16.3. The standard InChI is InChI=1S/C39H54O6/c1-34(2)18-20-39(33(43)44)21-19-37(6)26(27(39)22-34)13-14-30-36(5)23-28(41)32(35(3,4)29(36)16-17-38(30,37)7)45-31(42)15-10-24-8-11-25(40)12-9-24/h8-13,15,27-30,32,40-41H,14,16-23H2,1-7H3,(H,43,44)/t27-,28-,29+,30-,32+,36+,37-,38-,39-/m1/s1. The van der Waals surface area contributed by atoms with Gasteiger partial charge in [-0.05, 0) is 121 Å². The molecule has 0 amide bonds.